The van der Waals surface area contributed by atoms with Crippen LogP contribution in [0.15, 0.2) is 0 Å². The standard InChI is InChI=1S/C13H27N/c1-4-11-6-8-13(14)12(9-11)7-5-10(2)3/h10-13H,4-9,14H2,1-3H3. The fourth-order valence-electron chi connectivity index (χ4n) is 2.63. The van der Waals surface area contributed by atoms with Crippen molar-refractivity contribution < 1.29 is 0 Å². The van der Waals surface area contributed by atoms with Crippen LogP contribution in [0.4, 0.5) is 0 Å². The molecule has 1 aliphatic carbocycles. The SMILES string of the molecule is CCC1CCC(N)C(CCC(C)C)C1. The molecule has 0 aromatic rings. The molecule has 84 valence electrons. The van der Waals surface area contributed by atoms with Gasteiger partial charge in [0.15, 0.2) is 0 Å². The van der Waals surface area contributed by atoms with Crippen LogP contribution in [0.3, 0.4) is 0 Å². The van der Waals surface area contributed by atoms with Crippen molar-refractivity contribution in [2.45, 2.75) is 65.3 Å². The molecule has 0 aliphatic heterocycles. The van der Waals surface area contributed by atoms with Gasteiger partial charge in [-0.2, -0.15) is 0 Å². The molecule has 1 fully saturated rings. The molecule has 0 spiro atoms. The Morgan fingerprint density at radius 1 is 1.29 bits per heavy atom. The summed E-state index contributed by atoms with van der Waals surface area (Å²) in [4.78, 5) is 0. The summed E-state index contributed by atoms with van der Waals surface area (Å²) in [6.45, 7) is 6.94. The highest BCUT2D eigenvalue weighted by molar-refractivity contribution is 4.82. The predicted octanol–water partition coefficient (Wildman–Crippen LogP) is 3.58. The second kappa shape index (κ2) is 5.75. The number of rotatable bonds is 4. The van der Waals surface area contributed by atoms with Crippen molar-refractivity contribution in [3.8, 4) is 0 Å². The van der Waals surface area contributed by atoms with Gasteiger partial charge in [-0.3, -0.25) is 0 Å². The van der Waals surface area contributed by atoms with Crippen molar-refractivity contribution in [2.24, 2.45) is 23.5 Å². The van der Waals surface area contributed by atoms with Crippen LogP contribution < -0.4 is 5.73 Å². The third-order valence-electron chi connectivity index (χ3n) is 3.84. The maximum atomic E-state index is 6.18. The molecule has 1 nitrogen and oxygen atoms in total. The fourth-order valence-corrected chi connectivity index (χ4v) is 2.63. The van der Waals surface area contributed by atoms with E-state index in [-0.39, 0.29) is 0 Å². The molecule has 3 unspecified atom stereocenters. The van der Waals surface area contributed by atoms with E-state index in [0.29, 0.717) is 6.04 Å². The number of hydrogen-bond acceptors (Lipinski definition) is 1. The van der Waals surface area contributed by atoms with Crippen LogP contribution in [-0.4, -0.2) is 6.04 Å². The first-order chi connectivity index (χ1) is 6.63. The Kier molecular flexibility index (Phi) is 4.94. The third kappa shape index (κ3) is 3.61. The highest BCUT2D eigenvalue weighted by Gasteiger charge is 2.26. The lowest BCUT2D eigenvalue weighted by Crippen LogP contribution is -2.36. The molecule has 14 heavy (non-hydrogen) atoms. The summed E-state index contributed by atoms with van der Waals surface area (Å²) in [7, 11) is 0. The van der Waals surface area contributed by atoms with Crippen LogP contribution in [0.5, 0.6) is 0 Å². The molecular formula is C13H27N. The lowest BCUT2D eigenvalue weighted by molar-refractivity contribution is 0.209. The molecule has 2 N–H and O–H groups in total. The van der Waals surface area contributed by atoms with Gasteiger partial charge in [0.2, 0.25) is 0 Å². The Bertz CT molecular complexity index is 153. The lowest BCUT2D eigenvalue weighted by atomic mass is 9.75. The molecule has 0 saturated heterocycles. The van der Waals surface area contributed by atoms with E-state index >= 15 is 0 Å². The van der Waals surface area contributed by atoms with Crippen molar-refractivity contribution in [3.63, 3.8) is 0 Å². The summed E-state index contributed by atoms with van der Waals surface area (Å²) in [6, 6.07) is 0.497. The second-order valence-electron chi connectivity index (χ2n) is 5.48. The van der Waals surface area contributed by atoms with Crippen LogP contribution in [0.25, 0.3) is 0 Å². The van der Waals surface area contributed by atoms with Crippen molar-refractivity contribution in [1.82, 2.24) is 0 Å². The van der Waals surface area contributed by atoms with E-state index in [2.05, 4.69) is 20.8 Å². The summed E-state index contributed by atoms with van der Waals surface area (Å²) >= 11 is 0. The van der Waals surface area contributed by atoms with E-state index in [1.807, 2.05) is 0 Å². The average molecular weight is 197 g/mol. The summed E-state index contributed by atoms with van der Waals surface area (Å²) < 4.78 is 0. The number of nitrogens with two attached hydrogens (primary N) is 1. The van der Waals surface area contributed by atoms with Crippen LogP contribution in [-0.2, 0) is 0 Å². The summed E-state index contributed by atoms with van der Waals surface area (Å²) in [5.41, 5.74) is 6.18. The van der Waals surface area contributed by atoms with Gasteiger partial charge in [-0.15, -0.1) is 0 Å². The largest absolute Gasteiger partial charge is 0.327 e. The van der Waals surface area contributed by atoms with Crippen molar-refractivity contribution >= 4 is 0 Å². The van der Waals surface area contributed by atoms with Gasteiger partial charge in [0.05, 0.1) is 0 Å². The van der Waals surface area contributed by atoms with Gasteiger partial charge in [-0.25, -0.2) is 0 Å². The fraction of sp³-hybridized carbons (Fsp3) is 1.00. The first kappa shape index (κ1) is 12.0. The highest BCUT2D eigenvalue weighted by atomic mass is 14.7. The van der Waals surface area contributed by atoms with Gasteiger partial charge in [0.1, 0.15) is 0 Å². The Hall–Kier alpha value is -0.0400. The second-order valence-corrected chi connectivity index (χ2v) is 5.48. The van der Waals surface area contributed by atoms with E-state index in [0.717, 1.165) is 17.8 Å². The predicted molar refractivity (Wildman–Crippen MR) is 63.2 cm³/mol. The quantitative estimate of drug-likeness (QED) is 0.732. The minimum Gasteiger partial charge on any atom is -0.327 e. The minimum absolute atomic E-state index is 0.497. The molecule has 1 heteroatoms. The average Bonchev–Trinajstić information content (AvgIpc) is 2.16. The van der Waals surface area contributed by atoms with Crippen LogP contribution >= 0.6 is 0 Å². The zero-order chi connectivity index (χ0) is 10.6. The lowest BCUT2D eigenvalue weighted by Gasteiger charge is -2.34. The monoisotopic (exact) mass is 197 g/mol. The Morgan fingerprint density at radius 2 is 2.00 bits per heavy atom. The molecule has 1 aliphatic rings. The first-order valence-corrected chi connectivity index (χ1v) is 6.39. The van der Waals surface area contributed by atoms with Gasteiger partial charge in [0, 0.05) is 6.04 Å². The van der Waals surface area contributed by atoms with Crippen LogP contribution in [0.1, 0.15) is 59.3 Å². The Labute approximate surface area is 89.5 Å². The van der Waals surface area contributed by atoms with E-state index in [1.54, 1.807) is 0 Å². The Balaban J connectivity index is 2.32. The molecule has 0 aromatic heterocycles. The molecule has 1 saturated carbocycles. The van der Waals surface area contributed by atoms with E-state index < -0.39 is 0 Å². The molecule has 0 bridgehead atoms. The first-order valence-electron chi connectivity index (χ1n) is 6.39. The van der Waals surface area contributed by atoms with Gasteiger partial charge in [-0.05, 0) is 43.4 Å². The van der Waals surface area contributed by atoms with Gasteiger partial charge >= 0.3 is 0 Å². The van der Waals surface area contributed by atoms with Crippen molar-refractivity contribution in [1.29, 1.82) is 0 Å². The molecule has 1 rings (SSSR count). The maximum absolute atomic E-state index is 6.18. The molecule has 3 atom stereocenters. The maximum Gasteiger partial charge on any atom is 0.00673 e. The molecular weight excluding hydrogens is 170 g/mol. The Morgan fingerprint density at radius 3 is 2.57 bits per heavy atom. The van der Waals surface area contributed by atoms with Gasteiger partial charge < -0.3 is 5.73 Å². The van der Waals surface area contributed by atoms with Gasteiger partial charge in [0.25, 0.3) is 0 Å². The zero-order valence-electron chi connectivity index (χ0n) is 10.1. The normalized spacial score (nSPS) is 33.6. The smallest absolute Gasteiger partial charge is 0.00673 e. The van der Waals surface area contributed by atoms with E-state index in [9.17, 15) is 0 Å². The van der Waals surface area contributed by atoms with Crippen molar-refractivity contribution in [2.75, 3.05) is 0 Å². The number of hydrogen-bond donors (Lipinski definition) is 1. The minimum atomic E-state index is 0.497. The summed E-state index contributed by atoms with van der Waals surface area (Å²) in [5.74, 6) is 2.62. The summed E-state index contributed by atoms with van der Waals surface area (Å²) in [5, 5.41) is 0. The molecule has 0 aromatic carbocycles. The van der Waals surface area contributed by atoms with Crippen LogP contribution in [0, 0.1) is 17.8 Å². The van der Waals surface area contributed by atoms with Crippen LogP contribution in [0.2, 0.25) is 0 Å². The van der Waals surface area contributed by atoms with E-state index in [4.69, 9.17) is 5.73 Å². The van der Waals surface area contributed by atoms with Gasteiger partial charge in [-0.1, -0.05) is 33.6 Å². The molecule has 0 heterocycles. The zero-order valence-corrected chi connectivity index (χ0v) is 10.1. The highest BCUT2D eigenvalue weighted by Crippen LogP contribution is 2.33. The summed E-state index contributed by atoms with van der Waals surface area (Å²) in [6.07, 6.45) is 8.09. The molecule has 0 amide bonds. The topological polar surface area (TPSA) is 26.0 Å². The van der Waals surface area contributed by atoms with E-state index in [1.165, 1.54) is 38.5 Å². The molecule has 0 radical (unpaired) electrons. The van der Waals surface area contributed by atoms with Crippen molar-refractivity contribution in [3.05, 3.63) is 0 Å². The third-order valence-corrected chi connectivity index (χ3v) is 3.84.